The lowest BCUT2D eigenvalue weighted by Gasteiger charge is -2.05. The highest BCUT2D eigenvalue weighted by Crippen LogP contribution is 2.21. The summed E-state index contributed by atoms with van der Waals surface area (Å²) in [4.78, 5) is 10.7. The second-order valence-corrected chi connectivity index (χ2v) is 5.05. The molecule has 1 aromatic rings. The highest BCUT2D eigenvalue weighted by Gasteiger charge is 1.98. The maximum Gasteiger partial charge on any atom is 0.185 e. The lowest BCUT2D eigenvalue weighted by Crippen LogP contribution is -1.88. The fourth-order valence-corrected chi connectivity index (χ4v) is 2.01. The fraction of sp³-hybridized carbons (Fsp3) is 0.357. The highest BCUT2D eigenvalue weighted by atomic mass is 32.2. The van der Waals surface area contributed by atoms with Gasteiger partial charge in [0, 0.05) is 18.2 Å². The molecule has 0 spiro atoms. The van der Waals surface area contributed by atoms with Crippen LogP contribution < -0.4 is 4.74 Å². The van der Waals surface area contributed by atoms with E-state index in [1.165, 1.54) is 17.3 Å². The van der Waals surface area contributed by atoms with Crippen molar-refractivity contribution >= 4 is 23.0 Å². The first-order chi connectivity index (χ1) is 8.13. The van der Waals surface area contributed by atoms with Crippen LogP contribution in [-0.2, 0) is 4.79 Å². The fourth-order valence-electron chi connectivity index (χ4n) is 1.47. The molecular weight excluding hydrogens is 232 g/mol. The summed E-state index contributed by atoms with van der Waals surface area (Å²) >= 11 is 1.36. The lowest BCUT2D eigenvalue weighted by atomic mass is 10.1. The molecule has 3 heteroatoms. The second-order valence-electron chi connectivity index (χ2n) is 3.78. The van der Waals surface area contributed by atoms with E-state index in [1.54, 1.807) is 14.0 Å². The van der Waals surface area contributed by atoms with Gasteiger partial charge in [-0.25, -0.2) is 0 Å². The molecule has 0 aliphatic heterocycles. The molecule has 0 fully saturated rings. The molecule has 0 aromatic heterocycles. The number of carbonyl (C=O) groups excluding carboxylic acids is 1. The maximum atomic E-state index is 10.7. The first-order valence-electron chi connectivity index (χ1n) is 5.58. The Hall–Kier alpha value is -1.22. The number of hydrogen-bond donors (Lipinski definition) is 0. The van der Waals surface area contributed by atoms with Crippen molar-refractivity contribution in [2.45, 2.75) is 20.3 Å². The van der Waals surface area contributed by atoms with E-state index in [9.17, 15) is 4.79 Å². The van der Waals surface area contributed by atoms with Crippen molar-refractivity contribution in [1.82, 2.24) is 0 Å². The van der Waals surface area contributed by atoms with Crippen molar-refractivity contribution in [3.8, 4) is 5.75 Å². The Balaban J connectivity index is 2.57. The van der Waals surface area contributed by atoms with Gasteiger partial charge in [0.2, 0.25) is 0 Å². The Labute approximate surface area is 107 Å². The summed E-state index contributed by atoms with van der Waals surface area (Å²) < 4.78 is 5.29. The zero-order valence-electron chi connectivity index (χ0n) is 10.5. The minimum Gasteiger partial charge on any atom is -0.496 e. The number of benzene rings is 1. The van der Waals surface area contributed by atoms with Gasteiger partial charge in [-0.15, -0.1) is 0 Å². The molecule has 0 heterocycles. The van der Waals surface area contributed by atoms with E-state index in [4.69, 9.17) is 4.74 Å². The number of methoxy groups -OCH3 is 1. The van der Waals surface area contributed by atoms with Crippen molar-refractivity contribution in [3.63, 3.8) is 0 Å². The normalized spacial score (nSPS) is 10.8. The average molecular weight is 250 g/mol. The third-order valence-corrected chi connectivity index (χ3v) is 3.12. The summed E-state index contributed by atoms with van der Waals surface area (Å²) in [5.41, 5.74) is 2.30. The van der Waals surface area contributed by atoms with Crippen molar-refractivity contribution < 1.29 is 9.53 Å². The summed E-state index contributed by atoms with van der Waals surface area (Å²) in [6, 6.07) is 6.09. The third-order valence-electron chi connectivity index (χ3n) is 2.27. The van der Waals surface area contributed by atoms with Crippen LogP contribution in [0.2, 0.25) is 0 Å². The molecule has 92 valence electrons. The largest absolute Gasteiger partial charge is 0.496 e. The van der Waals surface area contributed by atoms with Gasteiger partial charge >= 0.3 is 0 Å². The predicted molar refractivity (Wildman–Crippen MR) is 74.5 cm³/mol. The summed E-state index contributed by atoms with van der Waals surface area (Å²) in [7, 11) is 1.67. The molecule has 0 radical (unpaired) electrons. The zero-order valence-corrected chi connectivity index (χ0v) is 11.3. The lowest BCUT2D eigenvalue weighted by molar-refractivity contribution is -0.109. The second kappa shape index (κ2) is 7.17. The van der Waals surface area contributed by atoms with Crippen molar-refractivity contribution in [1.29, 1.82) is 0 Å². The monoisotopic (exact) mass is 250 g/mol. The van der Waals surface area contributed by atoms with Crippen LogP contribution in [0, 0.1) is 6.92 Å². The Bertz CT molecular complexity index is 411. The number of thioether (sulfide) groups is 1. The standard InChI is InChI=1S/C14H18O2S/c1-11-7-8-14(16-3)13(10-11)6-4-5-9-17-12(2)15/h4,6-8,10H,5,9H2,1-3H3. The van der Waals surface area contributed by atoms with Crippen LogP contribution in [0.25, 0.3) is 6.08 Å². The quantitative estimate of drug-likeness (QED) is 0.746. The molecule has 0 saturated carbocycles. The molecule has 17 heavy (non-hydrogen) atoms. The van der Waals surface area contributed by atoms with Gasteiger partial charge in [0.1, 0.15) is 5.75 Å². The maximum absolute atomic E-state index is 10.7. The van der Waals surface area contributed by atoms with Crippen LogP contribution in [0.3, 0.4) is 0 Å². The topological polar surface area (TPSA) is 26.3 Å². The van der Waals surface area contributed by atoms with Gasteiger partial charge < -0.3 is 4.74 Å². The molecule has 0 atom stereocenters. The molecule has 0 aliphatic carbocycles. The average Bonchev–Trinajstić information content (AvgIpc) is 2.28. The zero-order chi connectivity index (χ0) is 12.7. The SMILES string of the molecule is COc1ccc(C)cc1C=CCCSC(C)=O. The molecule has 1 rings (SSSR count). The van der Waals surface area contributed by atoms with Crippen LogP contribution in [0.15, 0.2) is 24.3 Å². The molecule has 0 amide bonds. The van der Waals surface area contributed by atoms with Crippen molar-refractivity contribution in [2.75, 3.05) is 12.9 Å². The summed E-state index contributed by atoms with van der Waals surface area (Å²) in [6.07, 6.45) is 5.01. The minimum atomic E-state index is 0.173. The number of allylic oxidation sites excluding steroid dienone is 1. The molecule has 0 unspecified atom stereocenters. The predicted octanol–water partition coefficient (Wildman–Crippen LogP) is 3.69. The van der Waals surface area contributed by atoms with Gasteiger partial charge in [0.15, 0.2) is 5.12 Å². The van der Waals surface area contributed by atoms with E-state index in [0.29, 0.717) is 0 Å². The van der Waals surface area contributed by atoms with Crippen LogP contribution >= 0.6 is 11.8 Å². The van der Waals surface area contributed by atoms with Crippen LogP contribution in [-0.4, -0.2) is 18.0 Å². The van der Waals surface area contributed by atoms with Gasteiger partial charge in [-0.1, -0.05) is 35.5 Å². The van der Waals surface area contributed by atoms with Crippen molar-refractivity contribution in [3.05, 3.63) is 35.4 Å². The number of ether oxygens (including phenoxy) is 1. The van der Waals surface area contributed by atoms with Crippen molar-refractivity contribution in [2.24, 2.45) is 0 Å². The highest BCUT2D eigenvalue weighted by molar-refractivity contribution is 8.13. The minimum absolute atomic E-state index is 0.173. The smallest absolute Gasteiger partial charge is 0.185 e. The number of hydrogen-bond acceptors (Lipinski definition) is 3. The van der Waals surface area contributed by atoms with Crippen LogP contribution in [0.1, 0.15) is 24.5 Å². The van der Waals surface area contributed by atoms with Gasteiger partial charge in [-0.2, -0.15) is 0 Å². The Kier molecular flexibility index (Phi) is 5.84. The van der Waals surface area contributed by atoms with Gasteiger partial charge in [-0.3, -0.25) is 4.79 Å². The number of rotatable bonds is 5. The summed E-state index contributed by atoms with van der Waals surface area (Å²) in [5, 5.41) is 0.173. The van der Waals surface area contributed by atoms with E-state index in [0.717, 1.165) is 23.5 Å². The first-order valence-corrected chi connectivity index (χ1v) is 6.56. The van der Waals surface area contributed by atoms with Gasteiger partial charge in [0.05, 0.1) is 7.11 Å². The van der Waals surface area contributed by atoms with Gasteiger partial charge in [0.25, 0.3) is 0 Å². The van der Waals surface area contributed by atoms with E-state index < -0.39 is 0 Å². The summed E-state index contributed by atoms with van der Waals surface area (Å²) in [6.45, 7) is 3.65. The third kappa shape index (κ3) is 5.09. The summed E-state index contributed by atoms with van der Waals surface area (Å²) in [5.74, 6) is 1.71. The van der Waals surface area contributed by atoms with Crippen LogP contribution in [0.4, 0.5) is 0 Å². The molecule has 0 bridgehead atoms. The van der Waals surface area contributed by atoms with E-state index in [1.807, 2.05) is 18.2 Å². The first kappa shape index (κ1) is 13.8. The molecule has 0 N–H and O–H groups in total. The molecule has 1 aromatic carbocycles. The Morgan fingerprint density at radius 2 is 2.24 bits per heavy atom. The van der Waals surface area contributed by atoms with E-state index >= 15 is 0 Å². The Morgan fingerprint density at radius 3 is 2.88 bits per heavy atom. The Morgan fingerprint density at radius 1 is 1.47 bits per heavy atom. The van der Waals surface area contributed by atoms with Gasteiger partial charge in [-0.05, 0) is 25.5 Å². The molecule has 0 saturated heterocycles. The number of carbonyl (C=O) groups is 1. The molecular formula is C14H18O2S. The molecule has 2 nitrogen and oxygen atoms in total. The van der Waals surface area contributed by atoms with E-state index in [2.05, 4.69) is 19.1 Å². The number of aryl methyl sites for hydroxylation is 1. The van der Waals surface area contributed by atoms with Crippen LogP contribution in [0.5, 0.6) is 5.75 Å². The molecule has 0 aliphatic rings. The van der Waals surface area contributed by atoms with E-state index in [-0.39, 0.29) is 5.12 Å².